The van der Waals surface area contributed by atoms with Gasteiger partial charge in [0, 0.05) is 49.3 Å². The van der Waals surface area contributed by atoms with E-state index in [0.29, 0.717) is 43.9 Å². The fraction of sp³-hybridized carbons (Fsp3) is 0.469. The fourth-order valence-electron chi connectivity index (χ4n) is 5.77. The summed E-state index contributed by atoms with van der Waals surface area (Å²) >= 11 is 6.32. The molecule has 3 heterocycles. The summed E-state index contributed by atoms with van der Waals surface area (Å²) in [5.74, 6) is 6.51. The van der Waals surface area contributed by atoms with Crippen molar-refractivity contribution in [1.82, 2.24) is 14.2 Å². The van der Waals surface area contributed by atoms with E-state index >= 15 is 0 Å². The van der Waals surface area contributed by atoms with E-state index in [4.69, 9.17) is 21.1 Å². The SMILES string of the molecule is CC#CCOC(=O)N1CCc2c([nH]c3ccc(Cl)cc23)[C@@H]1c1ccc(OC2CCN(S(=O)(=O)CC[Si](C)(C)C)CC2)cc1. The Bertz CT molecular complexity index is 1630. The largest absolute Gasteiger partial charge is 0.490 e. The highest BCUT2D eigenvalue weighted by molar-refractivity contribution is 7.89. The van der Waals surface area contributed by atoms with Gasteiger partial charge in [0.1, 0.15) is 17.9 Å². The topological polar surface area (TPSA) is 91.9 Å². The summed E-state index contributed by atoms with van der Waals surface area (Å²) in [6, 6.07) is 14.0. The molecule has 8 nitrogen and oxygen atoms in total. The summed E-state index contributed by atoms with van der Waals surface area (Å²) in [5.41, 5.74) is 3.98. The zero-order valence-corrected chi connectivity index (χ0v) is 27.9. The zero-order valence-electron chi connectivity index (χ0n) is 25.3. The van der Waals surface area contributed by atoms with E-state index in [0.717, 1.165) is 39.5 Å². The molecular weight excluding hydrogens is 602 g/mol. The van der Waals surface area contributed by atoms with Crippen molar-refractivity contribution >= 4 is 46.7 Å². The number of nitrogens with zero attached hydrogens (tertiary/aromatic N) is 2. The predicted molar refractivity (Wildman–Crippen MR) is 174 cm³/mol. The summed E-state index contributed by atoms with van der Waals surface area (Å²) in [5, 5.41) is 1.73. The first kappa shape index (κ1) is 31.5. The number of hydrogen-bond acceptors (Lipinski definition) is 5. The number of halogens is 1. The Morgan fingerprint density at radius 3 is 2.49 bits per heavy atom. The van der Waals surface area contributed by atoms with Crippen molar-refractivity contribution in [2.75, 3.05) is 32.0 Å². The summed E-state index contributed by atoms with van der Waals surface area (Å²) in [7, 11) is -4.67. The molecule has 1 aromatic heterocycles. The number of benzene rings is 2. The quantitative estimate of drug-likeness (QED) is 0.226. The molecule has 3 aromatic rings. The third kappa shape index (κ3) is 7.40. The van der Waals surface area contributed by atoms with E-state index in [1.165, 1.54) is 0 Å². The van der Waals surface area contributed by atoms with E-state index in [9.17, 15) is 13.2 Å². The lowest BCUT2D eigenvalue weighted by Crippen LogP contribution is -2.43. The van der Waals surface area contributed by atoms with Crippen LogP contribution in [0, 0.1) is 11.8 Å². The van der Waals surface area contributed by atoms with Crippen molar-refractivity contribution in [3.05, 3.63) is 64.3 Å². The van der Waals surface area contributed by atoms with E-state index in [-0.39, 0.29) is 24.5 Å². The maximum Gasteiger partial charge on any atom is 0.411 e. The van der Waals surface area contributed by atoms with Crippen LogP contribution in [0.3, 0.4) is 0 Å². The second kappa shape index (κ2) is 12.9. The third-order valence-corrected chi connectivity index (χ3v) is 12.4. The van der Waals surface area contributed by atoms with Crippen LogP contribution in [0.5, 0.6) is 5.75 Å². The number of fused-ring (bicyclic) bond motifs is 3. The van der Waals surface area contributed by atoms with Crippen LogP contribution in [0.4, 0.5) is 4.79 Å². The van der Waals surface area contributed by atoms with Crippen LogP contribution in [0.15, 0.2) is 42.5 Å². The molecule has 11 heteroatoms. The lowest BCUT2D eigenvalue weighted by atomic mass is 9.92. The number of piperidine rings is 1. The smallest absolute Gasteiger partial charge is 0.411 e. The van der Waals surface area contributed by atoms with Gasteiger partial charge < -0.3 is 14.5 Å². The summed E-state index contributed by atoms with van der Waals surface area (Å²) in [6.45, 7) is 9.79. The normalized spacial score (nSPS) is 18.2. The lowest BCUT2D eigenvalue weighted by molar-refractivity contribution is 0.0992. The number of aromatic nitrogens is 1. The minimum Gasteiger partial charge on any atom is -0.490 e. The van der Waals surface area contributed by atoms with Gasteiger partial charge in [-0.15, -0.1) is 5.92 Å². The molecule has 1 fully saturated rings. The summed E-state index contributed by atoms with van der Waals surface area (Å²) < 4.78 is 39.1. The number of ether oxygens (including phenoxy) is 2. The Balaban J connectivity index is 1.31. The Morgan fingerprint density at radius 2 is 1.81 bits per heavy atom. The first-order valence-electron chi connectivity index (χ1n) is 14.8. The van der Waals surface area contributed by atoms with Gasteiger partial charge >= 0.3 is 6.09 Å². The zero-order chi connectivity index (χ0) is 30.8. The summed E-state index contributed by atoms with van der Waals surface area (Å²) in [6.07, 6.45) is 1.51. The van der Waals surface area contributed by atoms with Crippen LogP contribution in [-0.2, 0) is 21.2 Å². The van der Waals surface area contributed by atoms with Crippen LogP contribution in [-0.4, -0.2) is 74.9 Å². The fourth-order valence-corrected chi connectivity index (χ4v) is 10.4. The molecule has 0 unspecified atom stereocenters. The van der Waals surface area contributed by atoms with Crippen molar-refractivity contribution in [1.29, 1.82) is 0 Å². The Kier molecular flexibility index (Phi) is 9.47. The van der Waals surface area contributed by atoms with Gasteiger partial charge in [-0.05, 0) is 73.7 Å². The molecule has 2 aliphatic rings. The van der Waals surface area contributed by atoms with E-state index in [2.05, 4.69) is 36.5 Å². The first-order valence-corrected chi connectivity index (χ1v) is 20.5. The van der Waals surface area contributed by atoms with E-state index in [1.807, 2.05) is 42.5 Å². The molecule has 5 rings (SSSR count). The van der Waals surface area contributed by atoms with Crippen molar-refractivity contribution in [2.45, 2.75) is 64.0 Å². The number of amides is 1. The molecule has 43 heavy (non-hydrogen) atoms. The van der Waals surface area contributed by atoms with Crippen molar-refractivity contribution in [3.63, 3.8) is 0 Å². The number of aromatic amines is 1. The molecule has 0 spiro atoms. The van der Waals surface area contributed by atoms with Crippen molar-refractivity contribution in [3.8, 4) is 17.6 Å². The van der Waals surface area contributed by atoms with Gasteiger partial charge in [-0.2, -0.15) is 0 Å². The molecule has 2 aliphatic heterocycles. The van der Waals surface area contributed by atoms with Crippen LogP contribution in [0.1, 0.15) is 42.6 Å². The highest BCUT2D eigenvalue weighted by Gasteiger charge is 2.36. The van der Waals surface area contributed by atoms with Crippen molar-refractivity contribution < 1.29 is 22.7 Å². The molecule has 0 radical (unpaired) electrons. The first-order chi connectivity index (χ1) is 20.4. The monoisotopic (exact) mass is 641 g/mol. The standard InChI is InChI=1S/C32H40ClN3O5SSi/c1-5-6-19-40-32(37)36-18-15-27-28-22-24(33)9-12-29(28)34-30(27)31(36)23-7-10-25(11-8-23)41-26-13-16-35(17-14-26)42(38,39)20-21-43(2,3)4/h7-12,22,26,31,34H,13-21H2,1-4H3/t31-/m0/s1. The van der Waals surface area contributed by atoms with Crippen LogP contribution in [0.2, 0.25) is 30.7 Å². The molecule has 1 N–H and O–H groups in total. The van der Waals surface area contributed by atoms with E-state index in [1.54, 1.807) is 16.1 Å². The minimum atomic E-state index is -3.24. The molecule has 1 saturated heterocycles. The molecule has 0 saturated carbocycles. The Morgan fingerprint density at radius 1 is 1.09 bits per heavy atom. The Labute approximate surface area is 260 Å². The highest BCUT2D eigenvalue weighted by Crippen LogP contribution is 2.40. The Hall–Kier alpha value is -2.97. The maximum atomic E-state index is 13.2. The number of nitrogens with one attached hydrogen (secondary N) is 1. The number of sulfonamides is 1. The molecule has 1 amide bonds. The van der Waals surface area contributed by atoms with Crippen LogP contribution >= 0.6 is 11.6 Å². The van der Waals surface area contributed by atoms with Crippen LogP contribution in [0.25, 0.3) is 10.9 Å². The molecule has 0 bridgehead atoms. The minimum absolute atomic E-state index is 0.0406. The van der Waals surface area contributed by atoms with Crippen LogP contribution < -0.4 is 4.74 Å². The predicted octanol–water partition coefficient (Wildman–Crippen LogP) is 6.44. The number of hydrogen-bond donors (Lipinski definition) is 1. The van der Waals surface area contributed by atoms with Gasteiger partial charge in [0.05, 0.1) is 5.75 Å². The molecule has 230 valence electrons. The lowest BCUT2D eigenvalue weighted by Gasteiger charge is -2.35. The number of rotatable bonds is 8. The summed E-state index contributed by atoms with van der Waals surface area (Å²) in [4.78, 5) is 18.5. The van der Waals surface area contributed by atoms with Crippen molar-refractivity contribution in [2.24, 2.45) is 0 Å². The van der Waals surface area contributed by atoms with Gasteiger partial charge in [-0.25, -0.2) is 17.5 Å². The van der Waals surface area contributed by atoms with E-state index < -0.39 is 24.2 Å². The molecular formula is C32H40ClN3O5SSi. The van der Waals surface area contributed by atoms with Gasteiger partial charge in [0.15, 0.2) is 6.61 Å². The molecule has 1 atom stereocenters. The van der Waals surface area contributed by atoms with Gasteiger partial charge in [0.25, 0.3) is 0 Å². The van der Waals surface area contributed by atoms with Gasteiger partial charge in [-0.3, -0.25) is 4.90 Å². The highest BCUT2D eigenvalue weighted by atomic mass is 35.5. The van der Waals surface area contributed by atoms with Gasteiger partial charge in [-0.1, -0.05) is 49.3 Å². The number of carbonyl (C=O) groups is 1. The second-order valence-corrected chi connectivity index (χ2v) is 20.6. The number of H-pyrrole nitrogens is 1. The second-order valence-electron chi connectivity index (χ2n) is 12.4. The van der Waals surface area contributed by atoms with Gasteiger partial charge in [0.2, 0.25) is 10.0 Å². The average molecular weight is 642 g/mol. The molecule has 0 aliphatic carbocycles. The average Bonchev–Trinajstić information content (AvgIpc) is 3.34. The number of carbonyl (C=O) groups excluding carboxylic acids is 1. The maximum absolute atomic E-state index is 13.2. The molecule has 2 aromatic carbocycles. The third-order valence-electron chi connectivity index (χ3n) is 8.17.